The van der Waals surface area contributed by atoms with Gasteiger partial charge in [-0.15, -0.1) is 0 Å². The minimum absolute atomic E-state index is 0.108. The van der Waals surface area contributed by atoms with E-state index in [1.165, 1.54) is 12.8 Å². The molecule has 0 saturated heterocycles. The molecular weight excluding hydrogens is 340 g/mol. The Bertz CT molecular complexity index is 833. The standard InChI is InChI=1S/C20H26N6O/c1-25-17-13-22-20(23-15-6-4-5-14(11-15)12-21)24-19(17)26(10-9-18(25)27)16-7-2-3-8-16/h4-6,11,13,16H,2-3,7-10,12,21H2,1H3,(H,22,23,24). The number of nitrogens with zero attached hydrogens (tertiary/aromatic N) is 4. The van der Waals surface area contributed by atoms with Crippen LogP contribution in [0.4, 0.5) is 23.1 Å². The maximum Gasteiger partial charge on any atom is 0.229 e. The zero-order valence-electron chi connectivity index (χ0n) is 15.7. The topological polar surface area (TPSA) is 87.4 Å². The number of carbonyl (C=O) groups is 1. The summed E-state index contributed by atoms with van der Waals surface area (Å²) in [6, 6.07) is 8.38. The summed E-state index contributed by atoms with van der Waals surface area (Å²) in [6.07, 6.45) is 7.04. The number of amides is 1. The van der Waals surface area contributed by atoms with Gasteiger partial charge in [-0.05, 0) is 30.5 Å². The summed E-state index contributed by atoms with van der Waals surface area (Å²) in [5, 5.41) is 3.28. The van der Waals surface area contributed by atoms with Crippen molar-refractivity contribution in [3.63, 3.8) is 0 Å². The highest BCUT2D eigenvalue weighted by Crippen LogP contribution is 2.36. The zero-order chi connectivity index (χ0) is 18.8. The number of nitrogens with two attached hydrogens (primary N) is 1. The quantitative estimate of drug-likeness (QED) is 0.865. The normalized spacial score (nSPS) is 17.8. The van der Waals surface area contributed by atoms with Gasteiger partial charge in [0.2, 0.25) is 11.9 Å². The van der Waals surface area contributed by atoms with E-state index in [4.69, 9.17) is 10.7 Å². The monoisotopic (exact) mass is 366 g/mol. The first-order valence-corrected chi connectivity index (χ1v) is 9.62. The first-order chi connectivity index (χ1) is 13.2. The van der Waals surface area contributed by atoms with E-state index >= 15 is 0 Å². The number of benzene rings is 1. The Morgan fingerprint density at radius 2 is 2.11 bits per heavy atom. The van der Waals surface area contributed by atoms with Crippen LogP contribution < -0.4 is 20.9 Å². The third kappa shape index (κ3) is 3.60. The molecule has 7 nitrogen and oxygen atoms in total. The van der Waals surface area contributed by atoms with Crippen molar-refractivity contribution >= 4 is 29.0 Å². The summed E-state index contributed by atoms with van der Waals surface area (Å²) < 4.78 is 0. The summed E-state index contributed by atoms with van der Waals surface area (Å²) >= 11 is 0. The molecule has 0 radical (unpaired) electrons. The highest BCUT2D eigenvalue weighted by atomic mass is 16.2. The molecule has 0 unspecified atom stereocenters. The highest BCUT2D eigenvalue weighted by molar-refractivity contribution is 5.97. The predicted octanol–water partition coefficient (Wildman–Crippen LogP) is 2.79. The first kappa shape index (κ1) is 17.7. The van der Waals surface area contributed by atoms with Gasteiger partial charge in [0.1, 0.15) is 5.69 Å². The maximum atomic E-state index is 12.4. The van der Waals surface area contributed by atoms with Crippen LogP contribution in [0.1, 0.15) is 37.7 Å². The molecule has 1 aliphatic carbocycles. The lowest BCUT2D eigenvalue weighted by molar-refractivity contribution is -0.118. The van der Waals surface area contributed by atoms with Crippen LogP contribution in [0.5, 0.6) is 0 Å². The van der Waals surface area contributed by atoms with Crippen LogP contribution >= 0.6 is 0 Å². The summed E-state index contributed by atoms with van der Waals surface area (Å²) in [7, 11) is 1.81. The van der Waals surface area contributed by atoms with Crippen molar-refractivity contribution in [2.24, 2.45) is 5.73 Å². The number of carbonyl (C=O) groups excluding carboxylic acids is 1. The molecule has 1 fully saturated rings. The number of nitrogens with one attached hydrogen (secondary N) is 1. The largest absolute Gasteiger partial charge is 0.351 e. The Morgan fingerprint density at radius 3 is 2.89 bits per heavy atom. The van der Waals surface area contributed by atoms with Crippen molar-refractivity contribution in [3.8, 4) is 0 Å². The van der Waals surface area contributed by atoms with Crippen molar-refractivity contribution in [1.82, 2.24) is 9.97 Å². The molecule has 142 valence electrons. The first-order valence-electron chi connectivity index (χ1n) is 9.62. The number of rotatable bonds is 4. The Balaban J connectivity index is 1.68. The molecule has 0 spiro atoms. The van der Waals surface area contributed by atoms with E-state index in [0.29, 0.717) is 31.5 Å². The number of aromatic nitrogens is 2. The molecule has 1 aromatic heterocycles. The van der Waals surface area contributed by atoms with Gasteiger partial charge in [0.15, 0.2) is 5.82 Å². The second-order valence-corrected chi connectivity index (χ2v) is 7.27. The van der Waals surface area contributed by atoms with Gasteiger partial charge in [0, 0.05) is 38.3 Å². The smallest absolute Gasteiger partial charge is 0.229 e. The van der Waals surface area contributed by atoms with Gasteiger partial charge in [-0.25, -0.2) is 4.98 Å². The molecule has 2 aliphatic rings. The van der Waals surface area contributed by atoms with Crippen LogP contribution in [0.3, 0.4) is 0 Å². The average molecular weight is 366 g/mol. The fourth-order valence-electron chi connectivity index (χ4n) is 3.98. The van der Waals surface area contributed by atoms with E-state index in [1.54, 1.807) is 18.1 Å². The predicted molar refractivity (Wildman–Crippen MR) is 107 cm³/mol. The van der Waals surface area contributed by atoms with Gasteiger partial charge in [-0.1, -0.05) is 25.0 Å². The van der Waals surface area contributed by atoms with Crippen LogP contribution in [-0.4, -0.2) is 35.5 Å². The molecule has 1 aromatic carbocycles. The Labute approximate surface area is 159 Å². The van der Waals surface area contributed by atoms with Gasteiger partial charge >= 0.3 is 0 Å². The van der Waals surface area contributed by atoms with E-state index in [0.717, 1.165) is 35.6 Å². The van der Waals surface area contributed by atoms with Crippen molar-refractivity contribution in [3.05, 3.63) is 36.0 Å². The molecule has 0 atom stereocenters. The molecule has 3 N–H and O–H groups in total. The van der Waals surface area contributed by atoms with Gasteiger partial charge in [0.05, 0.1) is 6.20 Å². The summed E-state index contributed by atoms with van der Waals surface area (Å²) in [4.78, 5) is 25.7. The van der Waals surface area contributed by atoms with Crippen LogP contribution in [0.2, 0.25) is 0 Å². The van der Waals surface area contributed by atoms with Crippen LogP contribution in [0.25, 0.3) is 0 Å². The number of fused-ring (bicyclic) bond motifs is 1. The molecule has 2 aromatic rings. The molecule has 2 heterocycles. The van der Waals surface area contributed by atoms with Crippen LogP contribution in [0, 0.1) is 0 Å². The van der Waals surface area contributed by atoms with Crippen LogP contribution in [0.15, 0.2) is 30.5 Å². The number of hydrogen-bond donors (Lipinski definition) is 2. The highest BCUT2D eigenvalue weighted by Gasteiger charge is 2.31. The SMILES string of the molecule is CN1C(=O)CCN(C2CCCC2)c2nc(Nc3cccc(CN)c3)ncc21. The fourth-order valence-corrected chi connectivity index (χ4v) is 3.98. The average Bonchev–Trinajstić information content (AvgIpc) is 3.18. The molecular formula is C20H26N6O. The maximum absolute atomic E-state index is 12.4. The van der Waals surface area contributed by atoms with E-state index in [1.807, 2.05) is 24.3 Å². The number of anilines is 4. The van der Waals surface area contributed by atoms with E-state index in [-0.39, 0.29) is 5.91 Å². The van der Waals surface area contributed by atoms with Crippen molar-refractivity contribution < 1.29 is 4.79 Å². The number of hydrogen-bond acceptors (Lipinski definition) is 6. The van der Waals surface area contributed by atoms with Crippen LogP contribution in [-0.2, 0) is 11.3 Å². The Morgan fingerprint density at radius 1 is 1.30 bits per heavy atom. The molecule has 0 bridgehead atoms. The lowest BCUT2D eigenvalue weighted by Gasteiger charge is -2.30. The van der Waals surface area contributed by atoms with Crippen molar-refractivity contribution in [2.75, 3.05) is 28.7 Å². The third-order valence-corrected chi connectivity index (χ3v) is 5.51. The molecule has 7 heteroatoms. The van der Waals surface area contributed by atoms with Gasteiger partial charge < -0.3 is 20.9 Å². The second kappa shape index (κ2) is 7.52. The Hall–Kier alpha value is -2.67. The zero-order valence-corrected chi connectivity index (χ0v) is 15.7. The molecule has 27 heavy (non-hydrogen) atoms. The van der Waals surface area contributed by atoms with Gasteiger partial charge in [0.25, 0.3) is 0 Å². The van der Waals surface area contributed by atoms with Gasteiger partial charge in [-0.2, -0.15) is 4.98 Å². The summed E-state index contributed by atoms with van der Waals surface area (Å²) in [5.41, 5.74) is 8.47. The fraction of sp³-hybridized carbons (Fsp3) is 0.450. The van der Waals surface area contributed by atoms with E-state index < -0.39 is 0 Å². The summed E-state index contributed by atoms with van der Waals surface area (Å²) in [5.74, 6) is 1.49. The third-order valence-electron chi connectivity index (χ3n) is 5.51. The minimum atomic E-state index is 0.108. The molecule has 1 aliphatic heterocycles. The minimum Gasteiger partial charge on any atom is -0.351 e. The molecule has 1 amide bonds. The lowest BCUT2D eigenvalue weighted by atomic mass is 10.2. The van der Waals surface area contributed by atoms with Crippen molar-refractivity contribution in [2.45, 2.75) is 44.7 Å². The van der Waals surface area contributed by atoms with E-state index in [9.17, 15) is 4.79 Å². The van der Waals surface area contributed by atoms with Gasteiger partial charge in [-0.3, -0.25) is 4.79 Å². The second-order valence-electron chi connectivity index (χ2n) is 7.27. The molecule has 1 saturated carbocycles. The van der Waals surface area contributed by atoms with E-state index in [2.05, 4.69) is 15.2 Å². The summed E-state index contributed by atoms with van der Waals surface area (Å²) in [6.45, 7) is 1.20. The molecule has 4 rings (SSSR count). The Kier molecular flexibility index (Phi) is 4.94. The lowest BCUT2D eigenvalue weighted by Crippen LogP contribution is -2.34. The van der Waals surface area contributed by atoms with Crippen molar-refractivity contribution in [1.29, 1.82) is 0 Å².